The third-order valence-corrected chi connectivity index (χ3v) is 2.17. The van der Waals surface area contributed by atoms with Gasteiger partial charge >= 0.3 is 0 Å². The average molecular weight is 167 g/mol. The molecule has 0 spiro atoms. The second-order valence-corrected chi connectivity index (χ2v) is 3.24. The maximum Gasteiger partial charge on any atom is 0.155 e. The Hall–Kier alpha value is -0.870. The van der Waals surface area contributed by atoms with Gasteiger partial charge in [-0.15, -0.1) is 0 Å². The van der Waals surface area contributed by atoms with Gasteiger partial charge in [0.05, 0.1) is 12.2 Å². The van der Waals surface area contributed by atoms with Gasteiger partial charge in [0, 0.05) is 18.5 Å². The van der Waals surface area contributed by atoms with E-state index < -0.39 is 0 Å². The minimum Gasteiger partial charge on any atom is -0.359 e. The van der Waals surface area contributed by atoms with Gasteiger partial charge in [-0.3, -0.25) is 4.90 Å². The monoisotopic (exact) mass is 167 g/mol. The number of rotatable bonds is 2. The molecule has 0 aliphatic carbocycles. The highest BCUT2D eigenvalue weighted by Crippen LogP contribution is 2.24. The molecular weight excluding hydrogens is 154 g/mol. The summed E-state index contributed by atoms with van der Waals surface area (Å²) in [4.78, 5) is 2.20. The first-order chi connectivity index (χ1) is 5.81. The number of hydrogen-bond acceptors (Lipinski definition) is 4. The van der Waals surface area contributed by atoms with Crippen LogP contribution in [0.4, 0.5) is 0 Å². The van der Waals surface area contributed by atoms with Crippen molar-refractivity contribution in [3.05, 3.63) is 17.0 Å². The van der Waals surface area contributed by atoms with E-state index >= 15 is 0 Å². The first-order valence-electron chi connectivity index (χ1n) is 4.16. The summed E-state index contributed by atoms with van der Waals surface area (Å²) in [6, 6.07) is 0. The molecule has 1 aliphatic rings. The van der Waals surface area contributed by atoms with Crippen LogP contribution < -0.4 is 5.73 Å². The summed E-state index contributed by atoms with van der Waals surface area (Å²) >= 11 is 0. The van der Waals surface area contributed by atoms with Crippen molar-refractivity contribution in [1.82, 2.24) is 10.1 Å². The molecule has 0 amide bonds. The average Bonchev–Trinajstić information content (AvgIpc) is 2.52. The van der Waals surface area contributed by atoms with Crippen molar-refractivity contribution in [2.75, 3.05) is 13.6 Å². The van der Waals surface area contributed by atoms with Crippen LogP contribution >= 0.6 is 0 Å². The van der Waals surface area contributed by atoms with Gasteiger partial charge in [-0.2, -0.15) is 0 Å². The van der Waals surface area contributed by atoms with Crippen LogP contribution in [0.5, 0.6) is 0 Å². The van der Waals surface area contributed by atoms with Crippen LogP contribution in [-0.2, 0) is 19.5 Å². The number of hydrogen-bond donors (Lipinski definition) is 1. The van der Waals surface area contributed by atoms with Crippen molar-refractivity contribution in [1.29, 1.82) is 0 Å². The molecule has 0 saturated carbocycles. The molecule has 0 bridgehead atoms. The maximum atomic E-state index is 5.45. The van der Waals surface area contributed by atoms with Crippen molar-refractivity contribution < 1.29 is 4.52 Å². The number of nitrogens with two attached hydrogens (primary N) is 1. The highest BCUT2D eigenvalue weighted by Gasteiger charge is 2.23. The van der Waals surface area contributed by atoms with Gasteiger partial charge in [-0.1, -0.05) is 5.16 Å². The van der Waals surface area contributed by atoms with Crippen molar-refractivity contribution in [2.45, 2.75) is 19.5 Å². The molecule has 12 heavy (non-hydrogen) atoms. The fourth-order valence-electron chi connectivity index (χ4n) is 1.59. The molecule has 1 aromatic heterocycles. The standard InChI is InChI=1S/C8H13N3O/c1-11-4-6-7(2-3-9)10-12-8(6)5-11/h2-5,9H2,1H3. The van der Waals surface area contributed by atoms with Gasteiger partial charge < -0.3 is 10.3 Å². The molecular formula is C8H13N3O. The smallest absolute Gasteiger partial charge is 0.155 e. The predicted octanol–water partition coefficient (Wildman–Crippen LogP) is 0.121. The van der Waals surface area contributed by atoms with Crippen molar-refractivity contribution in [3.63, 3.8) is 0 Å². The van der Waals surface area contributed by atoms with Gasteiger partial charge in [0.2, 0.25) is 0 Å². The number of fused-ring (bicyclic) bond motifs is 1. The van der Waals surface area contributed by atoms with E-state index in [1.165, 1.54) is 5.56 Å². The summed E-state index contributed by atoms with van der Waals surface area (Å²) in [5, 5.41) is 3.98. The molecule has 66 valence electrons. The van der Waals surface area contributed by atoms with E-state index in [2.05, 4.69) is 17.1 Å². The van der Waals surface area contributed by atoms with Crippen LogP contribution in [0.15, 0.2) is 4.52 Å². The lowest BCUT2D eigenvalue weighted by Gasteiger charge is -2.04. The summed E-state index contributed by atoms with van der Waals surface area (Å²) in [6.07, 6.45) is 0.826. The Morgan fingerprint density at radius 1 is 1.58 bits per heavy atom. The van der Waals surface area contributed by atoms with Crippen LogP contribution in [-0.4, -0.2) is 23.6 Å². The molecule has 0 aromatic carbocycles. The zero-order valence-corrected chi connectivity index (χ0v) is 7.21. The molecule has 1 aliphatic heterocycles. The first-order valence-corrected chi connectivity index (χ1v) is 4.16. The minimum absolute atomic E-state index is 0.642. The molecule has 0 radical (unpaired) electrons. The Morgan fingerprint density at radius 2 is 2.42 bits per heavy atom. The van der Waals surface area contributed by atoms with Crippen LogP contribution in [0.3, 0.4) is 0 Å². The fraction of sp³-hybridized carbons (Fsp3) is 0.625. The lowest BCUT2D eigenvalue weighted by Crippen LogP contribution is -2.10. The summed E-state index contributed by atoms with van der Waals surface area (Å²) in [5.41, 5.74) is 7.74. The largest absolute Gasteiger partial charge is 0.359 e. The predicted molar refractivity (Wildman–Crippen MR) is 44.4 cm³/mol. The van der Waals surface area contributed by atoms with Crippen molar-refractivity contribution >= 4 is 0 Å². The van der Waals surface area contributed by atoms with E-state index in [9.17, 15) is 0 Å². The molecule has 0 atom stereocenters. The van der Waals surface area contributed by atoms with Gasteiger partial charge in [0.25, 0.3) is 0 Å². The summed E-state index contributed by atoms with van der Waals surface area (Å²) in [5.74, 6) is 1.01. The lowest BCUT2D eigenvalue weighted by atomic mass is 10.2. The SMILES string of the molecule is CN1Cc2onc(CCN)c2C1. The van der Waals surface area contributed by atoms with E-state index in [4.69, 9.17) is 10.3 Å². The lowest BCUT2D eigenvalue weighted by molar-refractivity contribution is 0.296. The molecule has 4 heteroatoms. The molecule has 2 heterocycles. The summed E-state index contributed by atoms with van der Waals surface area (Å²) < 4.78 is 5.18. The molecule has 2 rings (SSSR count). The Balaban J connectivity index is 2.24. The second kappa shape index (κ2) is 2.88. The topological polar surface area (TPSA) is 55.3 Å². The Bertz CT molecular complexity index is 282. The normalized spacial score (nSPS) is 16.8. The van der Waals surface area contributed by atoms with Crippen LogP contribution in [0.25, 0.3) is 0 Å². The molecule has 0 fully saturated rings. The van der Waals surface area contributed by atoms with Crippen LogP contribution in [0, 0.1) is 0 Å². The highest BCUT2D eigenvalue weighted by molar-refractivity contribution is 5.26. The minimum atomic E-state index is 0.642. The first kappa shape index (κ1) is 7.76. The van der Waals surface area contributed by atoms with Crippen molar-refractivity contribution in [3.8, 4) is 0 Å². The Morgan fingerprint density at radius 3 is 3.17 bits per heavy atom. The number of aromatic nitrogens is 1. The van der Waals surface area contributed by atoms with Gasteiger partial charge in [-0.25, -0.2) is 0 Å². The van der Waals surface area contributed by atoms with Crippen LogP contribution in [0.2, 0.25) is 0 Å². The van der Waals surface area contributed by atoms with E-state index in [-0.39, 0.29) is 0 Å². The van der Waals surface area contributed by atoms with Gasteiger partial charge in [0.1, 0.15) is 0 Å². The number of nitrogens with zero attached hydrogens (tertiary/aromatic N) is 2. The van der Waals surface area contributed by atoms with E-state index in [1.54, 1.807) is 0 Å². The van der Waals surface area contributed by atoms with Gasteiger partial charge in [0.15, 0.2) is 5.76 Å². The molecule has 2 N–H and O–H groups in total. The third-order valence-electron chi connectivity index (χ3n) is 2.17. The van der Waals surface area contributed by atoms with Crippen LogP contribution in [0.1, 0.15) is 17.0 Å². The van der Waals surface area contributed by atoms with E-state index in [0.29, 0.717) is 6.54 Å². The maximum absolute atomic E-state index is 5.45. The van der Waals surface area contributed by atoms with Gasteiger partial charge in [-0.05, 0) is 13.6 Å². The highest BCUT2D eigenvalue weighted by atomic mass is 16.5. The fourth-order valence-corrected chi connectivity index (χ4v) is 1.59. The Kier molecular flexibility index (Phi) is 1.86. The molecule has 1 aromatic rings. The molecule has 0 unspecified atom stereocenters. The second-order valence-electron chi connectivity index (χ2n) is 3.24. The Labute approximate surface area is 71.3 Å². The zero-order valence-electron chi connectivity index (χ0n) is 7.21. The molecule has 0 saturated heterocycles. The quantitative estimate of drug-likeness (QED) is 0.679. The zero-order chi connectivity index (χ0) is 8.55. The van der Waals surface area contributed by atoms with E-state index in [0.717, 1.165) is 31.0 Å². The third kappa shape index (κ3) is 1.13. The van der Waals surface area contributed by atoms with Crippen molar-refractivity contribution in [2.24, 2.45) is 5.73 Å². The summed E-state index contributed by atoms with van der Waals surface area (Å²) in [7, 11) is 2.07. The van der Waals surface area contributed by atoms with E-state index in [1.807, 2.05) is 0 Å². The molecule has 4 nitrogen and oxygen atoms in total. The summed E-state index contributed by atoms with van der Waals surface area (Å²) in [6.45, 7) is 2.48.